The lowest BCUT2D eigenvalue weighted by molar-refractivity contribution is -0.165. The zero-order valence-electron chi connectivity index (χ0n) is 18.2. The average Bonchev–Trinajstić information content (AvgIpc) is 2.93. The van der Waals surface area contributed by atoms with Crippen LogP contribution in [0.1, 0.15) is 66.2 Å². The summed E-state index contributed by atoms with van der Waals surface area (Å²) >= 11 is 0. The van der Waals surface area contributed by atoms with E-state index in [0.29, 0.717) is 29.5 Å². The molecule has 5 heteroatoms. The molecule has 2 aliphatic heterocycles. The van der Waals surface area contributed by atoms with E-state index in [-0.39, 0.29) is 35.7 Å². The number of esters is 1. The van der Waals surface area contributed by atoms with Crippen molar-refractivity contribution in [3.63, 3.8) is 0 Å². The summed E-state index contributed by atoms with van der Waals surface area (Å²) in [5.74, 6) is 2.62. The summed E-state index contributed by atoms with van der Waals surface area (Å²) in [6.07, 6.45) is 6.62. The number of hydrogen-bond acceptors (Lipinski definition) is 5. The number of rotatable bonds is 3. The van der Waals surface area contributed by atoms with Crippen molar-refractivity contribution >= 4 is 11.8 Å². The molecular weight excluding hydrogens is 354 g/mol. The molecule has 3 unspecified atom stereocenters. The van der Waals surface area contributed by atoms with Gasteiger partial charge in [-0.05, 0) is 81.6 Å². The smallest absolute Gasteiger partial charge is 0.331 e. The number of hydrogen-bond donors (Lipinski definition) is 0. The van der Waals surface area contributed by atoms with E-state index >= 15 is 0 Å². The fourth-order valence-corrected chi connectivity index (χ4v) is 7.83. The van der Waals surface area contributed by atoms with Gasteiger partial charge >= 0.3 is 5.97 Å². The molecule has 0 spiro atoms. The zero-order chi connectivity index (χ0) is 20.3. The van der Waals surface area contributed by atoms with Crippen LogP contribution >= 0.6 is 0 Å². The Bertz CT molecular complexity index is 651. The van der Waals surface area contributed by atoms with Crippen LogP contribution < -0.4 is 0 Å². The number of ether oxygens (including phenoxy) is 2. The van der Waals surface area contributed by atoms with Crippen LogP contribution in [-0.2, 0) is 19.1 Å². The molecule has 8 atom stereocenters. The van der Waals surface area contributed by atoms with Gasteiger partial charge in [-0.3, -0.25) is 9.69 Å². The molecule has 0 N–H and O–H groups in total. The summed E-state index contributed by atoms with van der Waals surface area (Å²) in [6, 6.07) is 0.0756. The van der Waals surface area contributed by atoms with E-state index in [1.807, 2.05) is 0 Å². The Morgan fingerprint density at radius 3 is 2.64 bits per heavy atom. The number of carbonyl (C=O) groups excluding carboxylic acids is 2. The Labute approximate surface area is 169 Å². The third kappa shape index (κ3) is 2.87. The molecule has 158 valence electrons. The molecule has 0 amide bonds. The summed E-state index contributed by atoms with van der Waals surface area (Å²) in [4.78, 5) is 26.5. The number of ketones is 1. The Morgan fingerprint density at radius 2 is 1.93 bits per heavy atom. The van der Waals surface area contributed by atoms with Crippen molar-refractivity contribution in [2.24, 2.45) is 29.1 Å². The van der Waals surface area contributed by atoms with E-state index in [1.54, 1.807) is 0 Å². The minimum Gasteiger partial charge on any atom is -0.467 e. The summed E-state index contributed by atoms with van der Waals surface area (Å²) in [5.41, 5.74) is 0.301. The average molecular weight is 392 g/mol. The standard InChI is InChI=1S/C23H37NO4/c1-14-12-18-16-8-11-24-15(2)19(25)7-10-23(24,4)17(16)6-9-22(18,3)21(14)28-13-20(26)27-5/h14-18,21H,6-13H2,1-5H3/t14?,15?,16-,17-,18+,21?,22+,23-/m1/s1. The minimum atomic E-state index is -0.283. The maximum Gasteiger partial charge on any atom is 0.331 e. The van der Waals surface area contributed by atoms with Crippen LogP contribution in [0.25, 0.3) is 0 Å². The highest BCUT2D eigenvalue weighted by Gasteiger charge is 2.62. The van der Waals surface area contributed by atoms with Crippen LogP contribution in [-0.4, -0.2) is 54.6 Å². The molecule has 2 saturated carbocycles. The molecule has 0 aromatic carbocycles. The highest BCUT2D eigenvalue weighted by molar-refractivity contribution is 5.84. The number of piperidine rings is 2. The fraction of sp³-hybridized carbons (Fsp3) is 0.913. The highest BCUT2D eigenvalue weighted by atomic mass is 16.6. The van der Waals surface area contributed by atoms with Crippen molar-refractivity contribution in [3.05, 3.63) is 0 Å². The third-order valence-corrected chi connectivity index (χ3v) is 9.24. The number of methoxy groups -OCH3 is 1. The van der Waals surface area contributed by atoms with Crippen molar-refractivity contribution in [1.29, 1.82) is 0 Å². The molecule has 0 bridgehead atoms. The normalized spacial score (nSPS) is 48.5. The van der Waals surface area contributed by atoms with Crippen molar-refractivity contribution in [2.75, 3.05) is 20.3 Å². The molecular formula is C23H37NO4. The van der Waals surface area contributed by atoms with Gasteiger partial charge < -0.3 is 9.47 Å². The third-order valence-electron chi connectivity index (χ3n) is 9.24. The van der Waals surface area contributed by atoms with E-state index < -0.39 is 0 Å². The predicted octanol–water partition coefficient (Wildman–Crippen LogP) is 3.45. The molecule has 5 nitrogen and oxygen atoms in total. The molecule has 2 heterocycles. The number of Topliss-reactive ketones (excluding diaryl/α,β-unsaturated/α-hetero) is 1. The van der Waals surface area contributed by atoms with Gasteiger partial charge in [0, 0.05) is 12.0 Å². The number of nitrogens with zero attached hydrogens (tertiary/aromatic N) is 1. The lowest BCUT2D eigenvalue weighted by Gasteiger charge is -2.62. The van der Waals surface area contributed by atoms with E-state index in [4.69, 9.17) is 9.47 Å². The Kier molecular flexibility index (Phi) is 5.15. The van der Waals surface area contributed by atoms with E-state index in [2.05, 4.69) is 32.6 Å². The Balaban J connectivity index is 1.56. The van der Waals surface area contributed by atoms with Crippen molar-refractivity contribution in [3.8, 4) is 0 Å². The van der Waals surface area contributed by atoms with Crippen LogP contribution in [0.5, 0.6) is 0 Å². The first kappa shape index (κ1) is 20.3. The summed E-state index contributed by atoms with van der Waals surface area (Å²) in [7, 11) is 1.42. The molecule has 0 radical (unpaired) electrons. The van der Waals surface area contributed by atoms with Gasteiger partial charge in [0.2, 0.25) is 0 Å². The zero-order valence-corrected chi connectivity index (χ0v) is 18.2. The van der Waals surface area contributed by atoms with Crippen LogP contribution in [0.4, 0.5) is 0 Å². The van der Waals surface area contributed by atoms with Gasteiger partial charge in [0.15, 0.2) is 0 Å². The molecule has 4 aliphatic rings. The summed E-state index contributed by atoms with van der Waals surface area (Å²) in [5, 5.41) is 0. The lowest BCUT2D eigenvalue weighted by atomic mass is 9.52. The molecule has 2 aliphatic carbocycles. The van der Waals surface area contributed by atoms with E-state index in [0.717, 1.165) is 25.8 Å². The molecule has 28 heavy (non-hydrogen) atoms. The van der Waals surface area contributed by atoms with Crippen LogP contribution in [0.2, 0.25) is 0 Å². The van der Waals surface area contributed by atoms with Gasteiger partial charge in [-0.2, -0.15) is 0 Å². The molecule has 0 aromatic heterocycles. The number of fused-ring (bicyclic) bond motifs is 5. The van der Waals surface area contributed by atoms with E-state index in [1.165, 1.54) is 26.4 Å². The summed E-state index contributed by atoms with van der Waals surface area (Å²) in [6.45, 7) is 10.3. The van der Waals surface area contributed by atoms with Gasteiger partial charge in [0.25, 0.3) is 0 Å². The first-order valence-corrected chi connectivity index (χ1v) is 11.2. The van der Waals surface area contributed by atoms with Crippen molar-refractivity contribution in [1.82, 2.24) is 4.90 Å². The molecule has 4 fully saturated rings. The van der Waals surface area contributed by atoms with Crippen LogP contribution in [0.15, 0.2) is 0 Å². The van der Waals surface area contributed by atoms with E-state index in [9.17, 15) is 9.59 Å². The van der Waals surface area contributed by atoms with Crippen LogP contribution in [0, 0.1) is 29.1 Å². The highest BCUT2D eigenvalue weighted by Crippen LogP contribution is 2.63. The van der Waals surface area contributed by atoms with Gasteiger partial charge in [0.05, 0.1) is 19.3 Å². The second kappa shape index (κ2) is 7.09. The van der Waals surface area contributed by atoms with Crippen LogP contribution in [0.3, 0.4) is 0 Å². The first-order valence-electron chi connectivity index (χ1n) is 11.2. The Hall–Kier alpha value is -0.940. The van der Waals surface area contributed by atoms with Crippen molar-refractivity contribution < 1.29 is 19.1 Å². The quantitative estimate of drug-likeness (QED) is 0.690. The lowest BCUT2D eigenvalue weighted by Crippen LogP contribution is -2.67. The largest absolute Gasteiger partial charge is 0.467 e. The second-order valence-electron chi connectivity index (χ2n) is 10.4. The predicted molar refractivity (Wildman–Crippen MR) is 107 cm³/mol. The molecule has 0 aromatic rings. The van der Waals surface area contributed by atoms with Gasteiger partial charge in [0.1, 0.15) is 12.4 Å². The molecule has 2 saturated heterocycles. The van der Waals surface area contributed by atoms with Gasteiger partial charge in [-0.15, -0.1) is 0 Å². The Morgan fingerprint density at radius 1 is 1.18 bits per heavy atom. The SMILES string of the molecule is COC(=O)COC1C(C)C[C@H]2[C@@H]3CCN4C(C)C(=O)CC[C@]4(C)[C@@H]3CC[C@]12C. The maximum atomic E-state index is 12.3. The molecule has 4 rings (SSSR count). The first-order chi connectivity index (χ1) is 13.2. The fourth-order valence-electron chi connectivity index (χ4n) is 7.83. The summed E-state index contributed by atoms with van der Waals surface area (Å²) < 4.78 is 10.9. The second-order valence-corrected chi connectivity index (χ2v) is 10.4. The van der Waals surface area contributed by atoms with Crippen molar-refractivity contribution in [2.45, 2.75) is 83.9 Å². The monoisotopic (exact) mass is 391 g/mol. The topological polar surface area (TPSA) is 55.8 Å². The minimum absolute atomic E-state index is 0.0625. The number of carbonyl (C=O) groups is 2. The van der Waals surface area contributed by atoms with Gasteiger partial charge in [-0.1, -0.05) is 13.8 Å². The van der Waals surface area contributed by atoms with Gasteiger partial charge in [-0.25, -0.2) is 4.79 Å². The maximum absolute atomic E-state index is 12.3.